The van der Waals surface area contributed by atoms with E-state index in [1.807, 2.05) is 0 Å². The summed E-state index contributed by atoms with van der Waals surface area (Å²) in [6, 6.07) is 0. The van der Waals surface area contributed by atoms with Gasteiger partial charge in [0.15, 0.2) is 0 Å². The molecule has 5 heteroatoms. The molecule has 0 saturated carbocycles. The molecule has 1 fully saturated rings. The first kappa shape index (κ1) is 6.97. The minimum absolute atomic E-state index is 0.654. The van der Waals surface area contributed by atoms with Crippen molar-refractivity contribution in [1.82, 2.24) is 0 Å². The molecule has 2 nitrogen and oxygen atoms in total. The molecule has 0 amide bonds. The zero-order valence-electron chi connectivity index (χ0n) is 4.17. The minimum Gasteiger partial charge on any atom is -0.318 e. The van der Waals surface area contributed by atoms with Gasteiger partial charge in [0.2, 0.25) is 0 Å². The molecule has 48 valence electrons. The van der Waals surface area contributed by atoms with Gasteiger partial charge in [-0.3, -0.25) is 0 Å². The van der Waals surface area contributed by atoms with Crippen LogP contribution in [-0.4, -0.2) is 13.2 Å². The van der Waals surface area contributed by atoms with Crippen molar-refractivity contribution in [2.75, 3.05) is 13.2 Å². The molecule has 1 aliphatic rings. The van der Waals surface area contributed by atoms with E-state index in [0.717, 1.165) is 6.42 Å². The van der Waals surface area contributed by atoms with Crippen LogP contribution >= 0.6 is 17.1 Å². The van der Waals surface area contributed by atoms with Gasteiger partial charge in [0, 0.05) is 0 Å². The van der Waals surface area contributed by atoms with Crippen LogP contribution in [0.3, 0.4) is 0 Å². The van der Waals surface area contributed by atoms with Gasteiger partial charge >= 0.3 is 0 Å². The predicted octanol–water partition coefficient (Wildman–Crippen LogP) is 1.89. The summed E-state index contributed by atoms with van der Waals surface area (Å²) in [5.41, 5.74) is 0. The summed E-state index contributed by atoms with van der Waals surface area (Å²) in [4.78, 5) is 0. The van der Waals surface area contributed by atoms with E-state index in [-0.39, 0.29) is 0 Å². The largest absolute Gasteiger partial charge is 0.318 e. The second-order valence-electron chi connectivity index (χ2n) is 1.45. The lowest BCUT2D eigenvalue weighted by Crippen LogP contribution is -2.04. The molecule has 0 aromatic rings. The second kappa shape index (κ2) is 2.63. The maximum Gasteiger partial charge on any atom is 0.281 e. The fraction of sp³-hybridized carbons (Fsp3) is 1.00. The van der Waals surface area contributed by atoms with Crippen LogP contribution < -0.4 is 0 Å². The highest BCUT2D eigenvalue weighted by atomic mass is 35.7. The quantitative estimate of drug-likeness (QED) is 0.520. The van der Waals surface area contributed by atoms with Crippen molar-refractivity contribution in [2.24, 2.45) is 0 Å². The molecule has 1 heterocycles. The van der Waals surface area contributed by atoms with E-state index in [4.69, 9.17) is 32.1 Å². The molecule has 0 N–H and O–H groups in total. The first-order chi connectivity index (χ1) is 3.71. The van der Waals surface area contributed by atoms with Crippen LogP contribution in [0.1, 0.15) is 6.42 Å². The van der Waals surface area contributed by atoms with Gasteiger partial charge in [0.25, 0.3) is 5.84 Å². The molecule has 0 bridgehead atoms. The van der Waals surface area contributed by atoms with Gasteiger partial charge in [-0.05, 0) is 29.5 Å². The number of rotatable bonds is 0. The molecule has 0 atom stereocenters. The maximum atomic E-state index is 5.55. The molecule has 0 aromatic heterocycles. The van der Waals surface area contributed by atoms with Crippen molar-refractivity contribution in [2.45, 2.75) is 6.42 Å². The Balaban J connectivity index is 2.45. The molecule has 1 rings (SSSR count). The van der Waals surface area contributed by atoms with Crippen LogP contribution in [0.4, 0.5) is 0 Å². The molecule has 0 radical (unpaired) electrons. The third-order valence-electron chi connectivity index (χ3n) is 0.780. The van der Waals surface area contributed by atoms with Crippen LogP contribution in [0, 0.1) is 0 Å². The third kappa shape index (κ3) is 2.00. The Kier molecular flexibility index (Phi) is 2.29. The summed E-state index contributed by atoms with van der Waals surface area (Å²) in [7, 11) is 0. The predicted molar refractivity (Wildman–Crippen MR) is 36.7 cm³/mol. The zero-order valence-corrected chi connectivity index (χ0v) is 6.64. The Labute approximate surface area is 58.1 Å². The van der Waals surface area contributed by atoms with Gasteiger partial charge < -0.3 is 9.05 Å². The van der Waals surface area contributed by atoms with E-state index in [2.05, 4.69) is 0 Å². The second-order valence-corrected chi connectivity index (χ2v) is 6.21. The Hall–Kier alpha value is 0.860. The van der Waals surface area contributed by atoms with Crippen LogP contribution in [0.15, 0.2) is 0 Å². The van der Waals surface area contributed by atoms with Crippen LogP contribution in [0.5, 0.6) is 0 Å². The van der Waals surface area contributed by atoms with Gasteiger partial charge in [0.05, 0.1) is 13.2 Å². The SMILES string of the molecule is S=P1(Cl)OCCCO1. The van der Waals surface area contributed by atoms with Crippen LogP contribution in [0.25, 0.3) is 0 Å². The Morgan fingerprint density at radius 3 is 2.12 bits per heavy atom. The number of hydrogen-bond donors (Lipinski definition) is 0. The maximum absolute atomic E-state index is 5.55. The van der Waals surface area contributed by atoms with Crippen LogP contribution in [-0.2, 0) is 20.9 Å². The van der Waals surface area contributed by atoms with Gasteiger partial charge in [0.1, 0.15) is 0 Å². The lowest BCUT2D eigenvalue weighted by molar-refractivity contribution is 0.189. The smallest absolute Gasteiger partial charge is 0.281 e. The monoisotopic (exact) mass is 172 g/mol. The first-order valence-electron chi connectivity index (χ1n) is 2.29. The summed E-state index contributed by atoms with van der Waals surface area (Å²) in [5, 5.41) is 0. The summed E-state index contributed by atoms with van der Waals surface area (Å²) in [6.07, 6.45) is 0.908. The minimum atomic E-state index is -2.28. The van der Waals surface area contributed by atoms with Crippen molar-refractivity contribution in [1.29, 1.82) is 0 Å². The molecule has 0 aliphatic carbocycles. The summed E-state index contributed by atoms with van der Waals surface area (Å²) in [6.45, 7) is 1.31. The van der Waals surface area contributed by atoms with E-state index in [1.54, 1.807) is 0 Å². The molecular formula is C3H6ClO2PS. The van der Waals surface area contributed by atoms with Gasteiger partial charge in [-0.2, -0.15) is 0 Å². The van der Waals surface area contributed by atoms with E-state index in [0.29, 0.717) is 13.2 Å². The molecule has 0 aromatic carbocycles. The van der Waals surface area contributed by atoms with Crippen molar-refractivity contribution in [3.8, 4) is 0 Å². The molecule has 0 spiro atoms. The average molecular weight is 173 g/mol. The van der Waals surface area contributed by atoms with Gasteiger partial charge in [-0.25, -0.2) is 0 Å². The lowest BCUT2D eigenvalue weighted by Gasteiger charge is -2.19. The van der Waals surface area contributed by atoms with E-state index in [1.165, 1.54) is 0 Å². The fourth-order valence-corrected chi connectivity index (χ4v) is 2.07. The Morgan fingerprint density at radius 2 is 1.88 bits per heavy atom. The highest BCUT2D eigenvalue weighted by molar-refractivity contribution is 8.22. The van der Waals surface area contributed by atoms with Crippen molar-refractivity contribution < 1.29 is 9.05 Å². The molecule has 0 unspecified atom stereocenters. The molecule has 1 saturated heterocycles. The summed E-state index contributed by atoms with van der Waals surface area (Å²) >= 11 is 10.3. The highest BCUT2D eigenvalue weighted by Crippen LogP contribution is 2.55. The first-order valence-corrected chi connectivity index (χ1v) is 5.84. The summed E-state index contributed by atoms with van der Waals surface area (Å²) < 4.78 is 9.87. The van der Waals surface area contributed by atoms with E-state index < -0.39 is 5.84 Å². The normalized spacial score (nSPS) is 27.6. The van der Waals surface area contributed by atoms with Gasteiger partial charge in [-0.15, -0.1) is 0 Å². The fourth-order valence-electron chi connectivity index (χ4n) is 0.443. The Bertz CT molecular complexity index is 118. The van der Waals surface area contributed by atoms with Crippen molar-refractivity contribution in [3.05, 3.63) is 0 Å². The lowest BCUT2D eigenvalue weighted by atomic mass is 10.5. The third-order valence-corrected chi connectivity index (χ3v) is 2.98. The van der Waals surface area contributed by atoms with E-state index >= 15 is 0 Å². The standard InChI is InChI=1S/C3H6ClO2PS/c4-7(8)5-2-1-3-6-7/h1-3H2. The molecule has 8 heavy (non-hydrogen) atoms. The van der Waals surface area contributed by atoms with Crippen molar-refractivity contribution >= 4 is 28.9 Å². The van der Waals surface area contributed by atoms with Crippen molar-refractivity contribution in [3.63, 3.8) is 0 Å². The van der Waals surface area contributed by atoms with Gasteiger partial charge in [-0.1, -0.05) is 0 Å². The van der Waals surface area contributed by atoms with E-state index in [9.17, 15) is 0 Å². The topological polar surface area (TPSA) is 18.5 Å². The Morgan fingerprint density at radius 1 is 1.38 bits per heavy atom. The molecular weight excluding hydrogens is 167 g/mol. The number of hydrogen-bond acceptors (Lipinski definition) is 3. The number of halogens is 1. The average Bonchev–Trinajstić information content (AvgIpc) is 1.65. The highest BCUT2D eigenvalue weighted by Gasteiger charge is 2.18. The zero-order chi connectivity index (χ0) is 6.04. The summed E-state index contributed by atoms with van der Waals surface area (Å²) in [5.74, 6) is -2.28. The molecule has 1 aliphatic heterocycles. The van der Waals surface area contributed by atoms with Crippen LogP contribution in [0.2, 0.25) is 0 Å².